The van der Waals surface area contributed by atoms with Crippen molar-refractivity contribution in [2.45, 2.75) is 39.4 Å². The lowest BCUT2D eigenvalue weighted by atomic mass is 10.1. The van der Waals surface area contributed by atoms with Gasteiger partial charge in [0.05, 0.1) is 24.1 Å². The number of carbonyl (C=O) groups excluding carboxylic acids is 1. The van der Waals surface area contributed by atoms with Gasteiger partial charge in [-0.15, -0.1) is 11.3 Å². The van der Waals surface area contributed by atoms with Crippen LogP contribution in [0, 0.1) is 6.92 Å². The van der Waals surface area contributed by atoms with E-state index >= 15 is 0 Å². The Morgan fingerprint density at radius 2 is 2.08 bits per heavy atom. The number of hydrogen-bond acceptors (Lipinski definition) is 4. The summed E-state index contributed by atoms with van der Waals surface area (Å²) in [5, 5.41) is 0. The largest absolute Gasteiger partial charge is 0.334 e. The summed E-state index contributed by atoms with van der Waals surface area (Å²) < 4.78 is 1.97. The van der Waals surface area contributed by atoms with Crippen LogP contribution >= 0.6 is 11.3 Å². The van der Waals surface area contributed by atoms with E-state index in [1.807, 2.05) is 53.2 Å². The van der Waals surface area contributed by atoms with Crippen molar-refractivity contribution < 1.29 is 4.79 Å². The summed E-state index contributed by atoms with van der Waals surface area (Å²) in [6.07, 6.45) is 5.84. The van der Waals surface area contributed by atoms with E-state index in [0.29, 0.717) is 19.5 Å². The Bertz CT molecular complexity index is 798. The molecular weight excluding hydrogens is 332 g/mol. The molecule has 5 nitrogen and oxygen atoms in total. The van der Waals surface area contributed by atoms with Crippen LogP contribution in [0.15, 0.2) is 54.6 Å². The predicted molar refractivity (Wildman–Crippen MR) is 99.1 cm³/mol. The molecule has 0 aliphatic carbocycles. The molecular formula is C19H22N4OS. The van der Waals surface area contributed by atoms with Crippen molar-refractivity contribution in [3.05, 3.63) is 70.7 Å². The summed E-state index contributed by atoms with van der Waals surface area (Å²) >= 11 is 1.60. The quantitative estimate of drug-likeness (QED) is 0.648. The van der Waals surface area contributed by atoms with Gasteiger partial charge < -0.3 is 9.47 Å². The van der Waals surface area contributed by atoms with Crippen molar-refractivity contribution in [2.24, 2.45) is 0 Å². The van der Waals surface area contributed by atoms with Gasteiger partial charge in [-0.05, 0) is 19.4 Å². The van der Waals surface area contributed by atoms with Crippen LogP contribution in [0.1, 0.15) is 35.5 Å². The van der Waals surface area contributed by atoms with Gasteiger partial charge in [0.1, 0.15) is 0 Å². The summed E-state index contributed by atoms with van der Waals surface area (Å²) in [7, 11) is 0. The van der Waals surface area contributed by atoms with E-state index in [4.69, 9.17) is 0 Å². The number of carbonyl (C=O) groups is 1. The maximum absolute atomic E-state index is 13.0. The molecule has 0 spiro atoms. The number of hydrogen-bond donors (Lipinski definition) is 0. The Morgan fingerprint density at radius 3 is 2.72 bits per heavy atom. The fourth-order valence-electron chi connectivity index (χ4n) is 2.70. The zero-order valence-electron chi connectivity index (χ0n) is 14.5. The first-order chi connectivity index (χ1) is 12.1. The van der Waals surface area contributed by atoms with E-state index in [1.54, 1.807) is 23.9 Å². The number of rotatable bonds is 7. The van der Waals surface area contributed by atoms with Crippen LogP contribution in [0.25, 0.3) is 0 Å². The Morgan fingerprint density at radius 1 is 1.28 bits per heavy atom. The summed E-state index contributed by atoms with van der Waals surface area (Å²) in [5.41, 5.74) is 3.97. The molecule has 130 valence electrons. The average molecular weight is 354 g/mol. The molecule has 1 atom stereocenters. The molecule has 0 N–H and O–H groups in total. The monoisotopic (exact) mass is 354 g/mol. The zero-order chi connectivity index (χ0) is 17.6. The smallest absolute Gasteiger partial charge is 0.225 e. The number of thiazole rings is 1. The first-order valence-corrected chi connectivity index (χ1v) is 9.19. The van der Waals surface area contributed by atoms with E-state index in [0.717, 1.165) is 16.1 Å². The minimum absolute atomic E-state index is 0.0795. The molecule has 0 aliphatic heterocycles. The third-order valence-electron chi connectivity index (χ3n) is 4.25. The molecule has 1 unspecified atom stereocenters. The summed E-state index contributed by atoms with van der Waals surface area (Å²) in [5.74, 6) is 0.137. The number of nitrogens with zero attached hydrogens (tertiary/aromatic N) is 4. The van der Waals surface area contributed by atoms with Gasteiger partial charge in [0.15, 0.2) is 0 Å². The second-order valence-electron chi connectivity index (χ2n) is 6.16. The molecule has 1 amide bonds. The lowest BCUT2D eigenvalue weighted by Crippen LogP contribution is -2.31. The minimum atomic E-state index is 0.0795. The van der Waals surface area contributed by atoms with E-state index in [1.165, 1.54) is 0 Å². The van der Waals surface area contributed by atoms with Crippen LogP contribution in [0.5, 0.6) is 0 Å². The highest BCUT2D eigenvalue weighted by Crippen LogP contribution is 2.20. The van der Waals surface area contributed by atoms with Crippen molar-refractivity contribution in [1.29, 1.82) is 0 Å². The number of imidazole rings is 1. The van der Waals surface area contributed by atoms with E-state index in [9.17, 15) is 4.79 Å². The van der Waals surface area contributed by atoms with Crippen LogP contribution < -0.4 is 0 Å². The Balaban J connectivity index is 1.74. The van der Waals surface area contributed by atoms with Crippen LogP contribution in [0.4, 0.5) is 0 Å². The number of aromatic nitrogens is 3. The van der Waals surface area contributed by atoms with Crippen molar-refractivity contribution >= 4 is 17.2 Å². The second-order valence-corrected chi connectivity index (χ2v) is 7.10. The lowest BCUT2D eigenvalue weighted by Gasteiger charge is -2.24. The minimum Gasteiger partial charge on any atom is -0.334 e. The van der Waals surface area contributed by atoms with Crippen molar-refractivity contribution in [1.82, 2.24) is 19.4 Å². The standard InChI is InChI=1S/C19H22N4OS/c1-15(22-9-8-20-13-22)10-19(24)23(11-17-6-4-3-5-7-17)12-18-16(2)21-14-25-18/h3-9,13-15H,10-12H2,1-2H3. The molecule has 1 aromatic carbocycles. The van der Waals surface area contributed by atoms with Gasteiger partial charge in [0.25, 0.3) is 0 Å². The van der Waals surface area contributed by atoms with Crippen molar-refractivity contribution in [2.75, 3.05) is 0 Å². The van der Waals surface area contributed by atoms with Gasteiger partial charge in [0, 0.05) is 36.3 Å². The Labute approximate surface area is 152 Å². The summed E-state index contributed by atoms with van der Waals surface area (Å²) in [6, 6.07) is 10.2. The molecule has 2 heterocycles. The van der Waals surface area contributed by atoms with E-state index in [-0.39, 0.29) is 11.9 Å². The molecule has 0 bridgehead atoms. The molecule has 0 saturated carbocycles. The molecule has 3 rings (SSSR count). The number of aryl methyl sites for hydroxylation is 1. The van der Waals surface area contributed by atoms with Crippen LogP contribution in [0.2, 0.25) is 0 Å². The van der Waals surface area contributed by atoms with Gasteiger partial charge in [-0.1, -0.05) is 30.3 Å². The zero-order valence-corrected chi connectivity index (χ0v) is 15.3. The molecule has 25 heavy (non-hydrogen) atoms. The fourth-order valence-corrected chi connectivity index (χ4v) is 3.50. The fraction of sp³-hybridized carbons (Fsp3) is 0.316. The first kappa shape index (κ1) is 17.4. The molecule has 0 saturated heterocycles. The van der Waals surface area contributed by atoms with Gasteiger partial charge in [0.2, 0.25) is 5.91 Å². The normalized spacial score (nSPS) is 12.1. The number of amides is 1. The third kappa shape index (κ3) is 4.54. The maximum Gasteiger partial charge on any atom is 0.225 e. The predicted octanol–water partition coefficient (Wildman–Crippen LogP) is 3.83. The highest BCUT2D eigenvalue weighted by Gasteiger charge is 2.19. The molecule has 0 aliphatic rings. The van der Waals surface area contributed by atoms with Crippen LogP contribution in [-0.2, 0) is 17.9 Å². The Hall–Kier alpha value is -2.47. The van der Waals surface area contributed by atoms with Crippen molar-refractivity contribution in [3.8, 4) is 0 Å². The molecule has 0 fully saturated rings. The number of benzene rings is 1. The van der Waals surface area contributed by atoms with E-state index < -0.39 is 0 Å². The van der Waals surface area contributed by atoms with Gasteiger partial charge in [-0.25, -0.2) is 9.97 Å². The second kappa shape index (κ2) is 8.07. The van der Waals surface area contributed by atoms with Crippen molar-refractivity contribution in [3.63, 3.8) is 0 Å². The summed E-state index contributed by atoms with van der Waals surface area (Å²) in [4.78, 5) is 24.4. The topological polar surface area (TPSA) is 51.0 Å². The van der Waals surface area contributed by atoms with Crippen LogP contribution in [-0.4, -0.2) is 25.3 Å². The molecule has 0 radical (unpaired) electrons. The van der Waals surface area contributed by atoms with Gasteiger partial charge in [-0.2, -0.15) is 0 Å². The first-order valence-electron chi connectivity index (χ1n) is 8.31. The average Bonchev–Trinajstić information content (AvgIpc) is 3.27. The summed E-state index contributed by atoms with van der Waals surface area (Å²) in [6.45, 7) is 5.23. The molecule has 3 aromatic rings. The van der Waals surface area contributed by atoms with E-state index in [2.05, 4.69) is 22.1 Å². The third-order valence-corrected chi connectivity index (χ3v) is 5.17. The van der Waals surface area contributed by atoms with Crippen LogP contribution in [0.3, 0.4) is 0 Å². The maximum atomic E-state index is 13.0. The lowest BCUT2D eigenvalue weighted by molar-refractivity contribution is -0.133. The Kier molecular flexibility index (Phi) is 5.60. The highest BCUT2D eigenvalue weighted by atomic mass is 32.1. The van der Waals surface area contributed by atoms with Gasteiger partial charge >= 0.3 is 0 Å². The SMILES string of the molecule is Cc1ncsc1CN(Cc1ccccc1)C(=O)CC(C)n1ccnc1. The highest BCUT2D eigenvalue weighted by molar-refractivity contribution is 7.09. The van der Waals surface area contributed by atoms with Gasteiger partial charge in [-0.3, -0.25) is 4.79 Å². The molecule has 6 heteroatoms. The molecule has 2 aromatic heterocycles.